The van der Waals surface area contributed by atoms with Gasteiger partial charge in [-0.15, -0.1) is 0 Å². The molecule has 0 bridgehead atoms. The number of likely N-dealkylation sites (tertiary alicyclic amines) is 1. The van der Waals surface area contributed by atoms with Gasteiger partial charge in [0.2, 0.25) is 11.8 Å². The van der Waals surface area contributed by atoms with Gasteiger partial charge in [-0.25, -0.2) is 4.79 Å². The molecule has 0 unspecified atom stereocenters. The average Bonchev–Trinajstić information content (AvgIpc) is 2.46. The first-order chi connectivity index (χ1) is 11.2. The molecule has 3 amide bonds. The van der Waals surface area contributed by atoms with E-state index < -0.39 is 11.7 Å². The molecular formula is C16H26N4O4. The van der Waals surface area contributed by atoms with Crippen molar-refractivity contribution in [3.8, 4) is 6.07 Å². The van der Waals surface area contributed by atoms with Crippen LogP contribution in [0.15, 0.2) is 0 Å². The summed E-state index contributed by atoms with van der Waals surface area (Å²) in [5.74, 6) is -0.309. The fourth-order valence-corrected chi connectivity index (χ4v) is 2.34. The zero-order chi connectivity index (χ0) is 18.2. The number of carbonyl (C=O) groups excluding carboxylic acids is 3. The van der Waals surface area contributed by atoms with Crippen LogP contribution in [0.2, 0.25) is 0 Å². The van der Waals surface area contributed by atoms with Gasteiger partial charge in [0.1, 0.15) is 12.0 Å². The lowest BCUT2D eigenvalue weighted by atomic mass is 10.0. The Morgan fingerprint density at radius 1 is 1.25 bits per heavy atom. The number of nitriles is 1. The maximum Gasteiger partial charge on any atom is 0.407 e. The monoisotopic (exact) mass is 338 g/mol. The maximum absolute atomic E-state index is 11.9. The van der Waals surface area contributed by atoms with Crippen molar-refractivity contribution in [2.45, 2.75) is 58.1 Å². The molecule has 2 N–H and O–H groups in total. The van der Waals surface area contributed by atoms with E-state index in [1.165, 1.54) is 0 Å². The Kier molecular flexibility index (Phi) is 7.49. The summed E-state index contributed by atoms with van der Waals surface area (Å²) in [6, 6.07) is 1.87. The number of rotatable bonds is 5. The van der Waals surface area contributed by atoms with Crippen LogP contribution in [0.3, 0.4) is 0 Å². The smallest absolute Gasteiger partial charge is 0.407 e. The number of ether oxygens (including phenoxy) is 1. The minimum absolute atomic E-state index is 0.0187. The van der Waals surface area contributed by atoms with Crippen molar-refractivity contribution in [1.82, 2.24) is 15.5 Å². The summed E-state index contributed by atoms with van der Waals surface area (Å²) in [5.41, 5.74) is -0.566. The quantitative estimate of drug-likeness (QED) is 0.774. The second kappa shape index (κ2) is 9.11. The van der Waals surface area contributed by atoms with Crippen molar-refractivity contribution in [2.75, 3.05) is 19.6 Å². The Morgan fingerprint density at radius 3 is 2.42 bits per heavy atom. The Hall–Kier alpha value is -2.30. The molecule has 8 nitrogen and oxygen atoms in total. The van der Waals surface area contributed by atoms with Gasteiger partial charge in [-0.3, -0.25) is 9.59 Å². The molecule has 0 saturated carbocycles. The van der Waals surface area contributed by atoms with Crippen molar-refractivity contribution in [1.29, 1.82) is 5.26 Å². The molecular weight excluding hydrogens is 312 g/mol. The van der Waals surface area contributed by atoms with Crippen LogP contribution < -0.4 is 10.6 Å². The second-order valence-corrected chi connectivity index (χ2v) is 6.74. The fourth-order valence-electron chi connectivity index (χ4n) is 2.34. The van der Waals surface area contributed by atoms with Crippen LogP contribution >= 0.6 is 0 Å². The summed E-state index contributed by atoms with van der Waals surface area (Å²) in [7, 11) is 0. The molecule has 1 aliphatic rings. The standard InChI is InChI=1S/C16H26N4O4/c1-16(2,3)24-15(23)18-9-5-13(21)19-12-6-10-20(11-7-12)14(22)4-8-17/h12H,4-7,9-11H2,1-3H3,(H,18,23)(H,19,21). The van der Waals surface area contributed by atoms with E-state index in [4.69, 9.17) is 10.00 Å². The highest BCUT2D eigenvalue weighted by Gasteiger charge is 2.23. The topological polar surface area (TPSA) is 112 Å². The highest BCUT2D eigenvalue weighted by Crippen LogP contribution is 2.11. The van der Waals surface area contributed by atoms with Gasteiger partial charge in [0, 0.05) is 32.1 Å². The Morgan fingerprint density at radius 2 is 1.88 bits per heavy atom. The number of piperidine rings is 1. The number of nitrogens with zero attached hydrogens (tertiary/aromatic N) is 2. The Labute approximate surface area is 142 Å². The molecule has 1 heterocycles. The van der Waals surface area contributed by atoms with Crippen LogP contribution in [0.4, 0.5) is 4.79 Å². The van der Waals surface area contributed by atoms with Crippen LogP contribution in [0.5, 0.6) is 0 Å². The van der Waals surface area contributed by atoms with Gasteiger partial charge in [-0.2, -0.15) is 5.26 Å². The van der Waals surface area contributed by atoms with E-state index >= 15 is 0 Å². The summed E-state index contributed by atoms with van der Waals surface area (Å²) in [6.45, 7) is 6.61. The third-order valence-electron chi connectivity index (χ3n) is 3.46. The highest BCUT2D eigenvalue weighted by molar-refractivity contribution is 5.79. The molecule has 0 aliphatic carbocycles. The number of carbonyl (C=O) groups is 3. The Bertz CT molecular complexity index is 499. The van der Waals surface area contributed by atoms with Gasteiger partial charge in [0.25, 0.3) is 0 Å². The minimum Gasteiger partial charge on any atom is -0.444 e. The van der Waals surface area contributed by atoms with E-state index in [0.717, 1.165) is 0 Å². The zero-order valence-corrected chi connectivity index (χ0v) is 14.6. The normalized spacial score (nSPS) is 15.3. The lowest BCUT2D eigenvalue weighted by Crippen LogP contribution is -2.47. The molecule has 0 radical (unpaired) electrons. The first-order valence-corrected chi connectivity index (χ1v) is 8.12. The molecule has 0 aromatic carbocycles. The van der Waals surface area contributed by atoms with Crippen molar-refractivity contribution in [3.05, 3.63) is 0 Å². The summed E-state index contributed by atoms with van der Waals surface area (Å²) in [4.78, 5) is 36.6. The SMILES string of the molecule is CC(C)(C)OC(=O)NCCC(=O)NC1CCN(C(=O)CC#N)CC1. The second-order valence-electron chi connectivity index (χ2n) is 6.74. The van der Waals surface area contributed by atoms with E-state index in [1.807, 2.05) is 6.07 Å². The summed E-state index contributed by atoms with van der Waals surface area (Å²) in [5, 5.41) is 14.0. The largest absolute Gasteiger partial charge is 0.444 e. The zero-order valence-electron chi connectivity index (χ0n) is 14.6. The van der Waals surface area contributed by atoms with Crippen LogP contribution in [-0.4, -0.2) is 54.1 Å². The third-order valence-corrected chi connectivity index (χ3v) is 3.46. The number of alkyl carbamates (subject to hydrolysis) is 1. The van der Waals surface area contributed by atoms with Gasteiger partial charge >= 0.3 is 6.09 Å². The van der Waals surface area contributed by atoms with Gasteiger partial charge in [-0.05, 0) is 33.6 Å². The number of amides is 3. The van der Waals surface area contributed by atoms with E-state index in [9.17, 15) is 14.4 Å². The molecule has 1 rings (SSSR count). The molecule has 0 aromatic rings. The number of nitrogens with one attached hydrogen (secondary N) is 2. The third kappa shape index (κ3) is 7.81. The number of hydrogen-bond donors (Lipinski definition) is 2. The predicted octanol–water partition coefficient (Wildman–Crippen LogP) is 0.922. The van der Waals surface area contributed by atoms with Crippen LogP contribution in [0, 0.1) is 11.3 Å². The Balaban J connectivity index is 2.20. The molecule has 0 atom stereocenters. The molecule has 1 aliphatic heterocycles. The fraction of sp³-hybridized carbons (Fsp3) is 0.750. The van der Waals surface area contributed by atoms with Gasteiger partial charge in [0.15, 0.2) is 0 Å². The summed E-state index contributed by atoms with van der Waals surface area (Å²) < 4.78 is 5.08. The summed E-state index contributed by atoms with van der Waals surface area (Å²) in [6.07, 6.45) is 0.866. The van der Waals surface area contributed by atoms with E-state index in [2.05, 4.69) is 10.6 Å². The van der Waals surface area contributed by atoms with E-state index in [1.54, 1.807) is 25.7 Å². The maximum atomic E-state index is 11.9. The average molecular weight is 338 g/mol. The van der Waals surface area contributed by atoms with Crippen LogP contribution in [-0.2, 0) is 14.3 Å². The summed E-state index contributed by atoms with van der Waals surface area (Å²) >= 11 is 0. The molecule has 8 heteroatoms. The first-order valence-electron chi connectivity index (χ1n) is 8.12. The number of hydrogen-bond acceptors (Lipinski definition) is 5. The predicted molar refractivity (Wildman–Crippen MR) is 86.8 cm³/mol. The first kappa shape index (κ1) is 19.7. The molecule has 1 fully saturated rings. The van der Waals surface area contributed by atoms with E-state index in [0.29, 0.717) is 25.9 Å². The molecule has 0 aromatic heterocycles. The van der Waals surface area contributed by atoms with Crippen LogP contribution in [0.1, 0.15) is 46.5 Å². The highest BCUT2D eigenvalue weighted by atomic mass is 16.6. The molecule has 1 saturated heterocycles. The van der Waals surface area contributed by atoms with Gasteiger partial charge in [-0.1, -0.05) is 0 Å². The van der Waals surface area contributed by atoms with Crippen molar-refractivity contribution in [3.63, 3.8) is 0 Å². The van der Waals surface area contributed by atoms with Crippen molar-refractivity contribution >= 4 is 17.9 Å². The molecule has 134 valence electrons. The van der Waals surface area contributed by atoms with Gasteiger partial charge < -0.3 is 20.3 Å². The minimum atomic E-state index is -0.566. The molecule has 0 spiro atoms. The lowest BCUT2D eigenvalue weighted by molar-refractivity contribution is -0.131. The molecule has 24 heavy (non-hydrogen) atoms. The van der Waals surface area contributed by atoms with E-state index in [-0.39, 0.29) is 37.2 Å². The van der Waals surface area contributed by atoms with Crippen LogP contribution in [0.25, 0.3) is 0 Å². The lowest BCUT2D eigenvalue weighted by Gasteiger charge is -2.32. The van der Waals surface area contributed by atoms with Crippen molar-refractivity contribution in [2.24, 2.45) is 0 Å². The van der Waals surface area contributed by atoms with Crippen molar-refractivity contribution < 1.29 is 19.1 Å². The van der Waals surface area contributed by atoms with Gasteiger partial charge in [0.05, 0.1) is 6.07 Å².